The van der Waals surface area contributed by atoms with Crippen LogP contribution in [0, 0.1) is 5.92 Å². The lowest BCUT2D eigenvalue weighted by Crippen LogP contribution is -2.49. The molecular weight excluding hydrogens is 140 g/mol. The number of nitrogens with two attached hydrogens (primary N) is 1. The van der Waals surface area contributed by atoms with Crippen LogP contribution in [0.25, 0.3) is 0 Å². The molecule has 1 atom stereocenters. The predicted octanol–water partition coefficient (Wildman–Crippen LogP) is 0.248. The van der Waals surface area contributed by atoms with Gasteiger partial charge in [-0.05, 0) is 25.7 Å². The molecule has 0 unspecified atom stereocenters. The Hall–Kier alpha value is -0.570. The molecule has 1 aliphatic carbocycles. The topological polar surface area (TPSA) is 55.1 Å². The van der Waals surface area contributed by atoms with Crippen molar-refractivity contribution < 1.29 is 4.79 Å². The van der Waals surface area contributed by atoms with E-state index in [4.69, 9.17) is 5.73 Å². The normalized spacial score (nSPS) is 32.5. The van der Waals surface area contributed by atoms with E-state index in [1.807, 2.05) is 6.92 Å². The molecule has 3 nitrogen and oxygen atoms in total. The fourth-order valence-corrected chi connectivity index (χ4v) is 1.47. The minimum atomic E-state index is -0.260. The highest BCUT2D eigenvalue weighted by Gasteiger charge is 2.27. The van der Waals surface area contributed by atoms with Crippen molar-refractivity contribution in [2.45, 2.75) is 38.8 Å². The number of hydrogen-bond donors (Lipinski definition) is 2. The van der Waals surface area contributed by atoms with Crippen LogP contribution in [-0.2, 0) is 4.79 Å². The third-order valence-electron chi connectivity index (χ3n) is 2.29. The molecule has 11 heavy (non-hydrogen) atoms. The number of nitrogens with one attached hydrogen (secondary N) is 1. The summed E-state index contributed by atoms with van der Waals surface area (Å²) in [5, 5.41) is 3.17. The maximum absolute atomic E-state index is 10.6. The van der Waals surface area contributed by atoms with E-state index in [0.717, 1.165) is 5.92 Å². The van der Waals surface area contributed by atoms with Crippen molar-refractivity contribution in [3.05, 3.63) is 0 Å². The largest absolute Gasteiger partial charge is 0.368 e. The molecule has 64 valence electrons. The van der Waals surface area contributed by atoms with E-state index in [9.17, 15) is 4.79 Å². The monoisotopic (exact) mass is 156 g/mol. The SMILES string of the molecule is CC1CC(N[C@H](C)C(N)=O)C1. The summed E-state index contributed by atoms with van der Waals surface area (Å²) in [7, 11) is 0. The molecule has 3 N–H and O–H groups in total. The number of amides is 1. The highest BCUT2D eigenvalue weighted by molar-refractivity contribution is 5.79. The molecule has 1 aliphatic rings. The van der Waals surface area contributed by atoms with Crippen LogP contribution >= 0.6 is 0 Å². The van der Waals surface area contributed by atoms with Crippen LogP contribution in [0.15, 0.2) is 0 Å². The second-order valence-electron chi connectivity index (χ2n) is 3.56. The Labute approximate surface area is 67.3 Å². The molecule has 3 heteroatoms. The Morgan fingerprint density at radius 2 is 2.18 bits per heavy atom. The van der Waals surface area contributed by atoms with E-state index in [-0.39, 0.29) is 11.9 Å². The van der Waals surface area contributed by atoms with Crippen molar-refractivity contribution in [3.63, 3.8) is 0 Å². The van der Waals surface area contributed by atoms with Gasteiger partial charge in [0.25, 0.3) is 0 Å². The quantitative estimate of drug-likeness (QED) is 0.615. The highest BCUT2D eigenvalue weighted by Crippen LogP contribution is 2.26. The van der Waals surface area contributed by atoms with Crippen molar-refractivity contribution in [2.75, 3.05) is 0 Å². The van der Waals surface area contributed by atoms with Gasteiger partial charge >= 0.3 is 0 Å². The lowest BCUT2D eigenvalue weighted by Gasteiger charge is -2.34. The zero-order valence-electron chi connectivity index (χ0n) is 7.13. The fraction of sp³-hybridized carbons (Fsp3) is 0.875. The summed E-state index contributed by atoms with van der Waals surface area (Å²) in [4.78, 5) is 10.6. The summed E-state index contributed by atoms with van der Waals surface area (Å²) in [6, 6.07) is 0.347. The standard InChI is InChI=1S/C8H16N2O/c1-5-3-7(4-5)10-6(2)8(9)11/h5-7,10H,3-4H2,1-2H3,(H2,9,11)/t5?,6-,7?/m1/s1. The minimum absolute atomic E-state index is 0.174. The first-order valence-electron chi connectivity index (χ1n) is 4.15. The summed E-state index contributed by atoms with van der Waals surface area (Å²) >= 11 is 0. The molecule has 0 aromatic carbocycles. The second-order valence-corrected chi connectivity index (χ2v) is 3.56. The Balaban J connectivity index is 2.16. The maximum atomic E-state index is 10.6. The number of carbonyl (C=O) groups excluding carboxylic acids is 1. The molecule has 0 heterocycles. The van der Waals surface area contributed by atoms with Gasteiger partial charge in [0.1, 0.15) is 0 Å². The van der Waals surface area contributed by atoms with E-state index >= 15 is 0 Å². The van der Waals surface area contributed by atoms with Gasteiger partial charge in [-0.15, -0.1) is 0 Å². The number of rotatable bonds is 3. The Bertz CT molecular complexity index is 152. The smallest absolute Gasteiger partial charge is 0.234 e. The summed E-state index contributed by atoms with van der Waals surface area (Å²) < 4.78 is 0. The van der Waals surface area contributed by atoms with E-state index in [0.29, 0.717) is 6.04 Å². The van der Waals surface area contributed by atoms with Crippen LogP contribution in [0.1, 0.15) is 26.7 Å². The molecule has 1 saturated carbocycles. The molecule has 0 saturated heterocycles. The van der Waals surface area contributed by atoms with E-state index in [1.54, 1.807) is 0 Å². The van der Waals surface area contributed by atoms with E-state index < -0.39 is 0 Å². The average Bonchev–Trinajstić information content (AvgIpc) is 1.84. The van der Waals surface area contributed by atoms with Crippen molar-refractivity contribution in [3.8, 4) is 0 Å². The summed E-state index contributed by atoms with van der Waals surface area (Å²) in [6.07, 6.45) is 2.36. The lowest BCUT2D eigenvalue weighted by molar-refractivity contribution is -0.120. The van der Waals surface area contributed by atoms with Gasteiger partial charge in [-0.1, -0.05) is 6.92 Å². The van der Waals surface area contributed by atoms with Crippen molar-refractivity contribution in [1.82, 2.24) is 5.32 Å². The molecule has 0 aromatic heterocycles. The minimum Gasteiger partial charge on any atom is -0.368 e. The van der Waals surface area contributed by atoms with Gasteiger partial charge in [-0.25, -0.2) is 0 Å². The van der Waals surface area contributed by atoms with Gasteiger partial charge < -0.3 is 11.1 Å². The second kappa shape index (κ2) is 3.22. The first-order valence-corrected chi connectivity index (χ1v) is 4.15. The summed E-state index contributed by atoms with van der Waals surface area (Å²) in [5.74, 6) is 0.553. The maximum Gasteiger partial charge on any atom is 0.234 e. The summed E-state index contributed by atoms with van der Waals surface area (Å²) in [6.45, 7) is 4.03. The van der Waals surface area contributed by atoms with Crippen LogP contribution in [0.4, 0.5) is 0 Å². The predicted molar refractivity (Wildman–Crippen MR) is 44.0 cm³/mol. The molecule has 1 rings (SSSR count). The molecule has 0 aliphatic heterocycles. The van der Waals surface area contributed by atoms with Gasteiger partial charge in [0.2, 0.25) is 5.91 Å². The van der Waals surface area contributed by atoms with Gasteiger partial charge in [-0.3, -0.25) is 4.79 Å². The Kier molecular flexibility index (Phi) is 2.49. The van der Waals surface area contributed by atoms with Gasteiger partial charge in [0, 0.05) is 6.04 Å². The molecule has 0 aromatic rings. The Morgan fingerprint density at radius 3 is 2.55 bits per heavy atom. The molecule has 0 spiro atoms. The molecule has 1 amide bonds. The number of hydrogen-bond acceptors (Lipinski definition) is 2. The fourth-order valence-electron chi connectivity index (χ4n) is 1.47. The number of carbonyl (C=O) groups is 1. The first kappa shape index (κ1) is 8.53. The van der Waals surface area contributed by atoms with Crippen LogP contribution in [0.2, 0.25) is 0 Å². The van der Waals surface area contributed by atoms with E-state index in [1.165, 1.54) is 12.8 Å². The third-order valence-corrected chi connectivity index (χ3v) is 2.29. The molecule has 1 fully saturated rings. The van der Waals surface area contributed by atoms with Gasteiger partial charge in [0.05, 0.1) is 6.04 Å². The zero-order valence-corrected chi connectivity index (χ0v) is 7.13. The van der Waals surface area contributed by atoms with Gasteiger partial charge in [0.15, 0.2) is 0 Å². The van der Waals surface area contributed by atoms with Crippen LogP contribution < -0.4 is 11.1 Å². The lowest BCUT2D eigenvalue weighted by atomic mass is 9.81. The third kappa shape index (κ3) is 2.19. The van der Waals surface area contributed by atoms with E-state index in [2.05, 4.69) is 12.2 Å². The van der Waals surface area contributed by atoms with Crippen molar-refractivity contribution >= 4 is 5.91 Å². The molecule has 0 radical (unpaired) electrons. The van der Waals surface area contributed by atoms with Gasteiger partial charge in [-0.2, -0.15) is 0 Å². The van der Waals surface area contributed by atoms with Crippen LogP contribution in [0.5, 0.6) is 0 Å². The average molecular weight is 156 g/mol. The molecule has 0 bridgehead atoms. The van der Waals surface area contributed by atoms with Crippen molar-refractivity contribution in [1.29, 1.82) is 0 Å². The summed E-state index contributed by atoms with van der Waals surface area (Å²) in [5.41, 5.74) is 5.10. The Morgan fingerprint density at radius 1 is 1.64 bits per heavy atom. The highest BCUT2D eigenvalue weighted by atomic mass is 16.1. The molecular formula is C8H16N2O. The zero-order chi connectivity index (χ0) is 8.43. The number of primary amides is 1. The van der Waals surface area contributed by atoms with Crippen LogP contribution in [-0.4, -0.2) is 18.0 Å². The first-order chi connectivity index (χ1) is 5.09. The van der Waals surface area contributed by atoms with Crippen LogP contribution in [0.3, 0.4) is 0 Å². The van der Waals surface area contributed by atoms with Crippen molar-refractivity contribution in [2.24, 2.45) is 11.7 Å².